The summed E-state index contributed by atoms with van der Waals surface area (Å²) in [5.41, 5.74) is 13.1. The van der Waals surface area contributed by atoms with Crippen molar-refractivity contribution in [1.29, 1.82) is 0 Å². The minimum atomic E-state index is -1.56. The number of rotatable bonds is 36. The zero-order valence-corrected chi connectivity index (χ0v) is 36.0. The second-order valence-corrected chi connectivity index (χ2v) is 16.6. The van der Waals surface area contributed by atoms with Gasteiger partial charge in [-0.3, -0.25) is 4.79 Å². The van der Waals surface area contributed by atoms with Crippen LogP contribution in [0.4, 0.5) is 0 Å². The summed E-state index contributed by atoms with van der Waals surface area (Å²) in [6.45, 7) is 5.34. The third-order valence-corrected chi connectivity index (χ3v) is 11.6. The number of nitrogens with one attached hydrogen (secondary N) is 1. The number of aliphatic hydroxyl groups is 4. The normalized spacial score (nSPS) is 21.9. The molecule has 0 spiro atoms. The number of aliphatic hydroxyl groups excluding tert-OH is 4. The van der Waals surface area contributed by atoms with Gasteiger partial charge in [0.15, 0.2) is 6.29 Å². The van der Waals surface area contributed by atoms with Gasteiger partial charge in [0.05, 0.1) is 31.3 Å². The number of amides is 1. The Kier molecular flexibility index (Phi) is 29.9. The summed E-state index contributed by atoms with van der Waals surface area (Å²) >= 11 is 0. The number of carbonyl (C=O) groups excluding carboxylic acids is 1. The van der Waals surface area contributed by atoms with Gasteiger partial charge in [0.2, 0.25) is 5.91 Å². The van der Waals surface area contributed by atoms with E-state index in [1.54, 1.807) is 0 Å². The molecule has 332 valence electrons. The first-order chi connectivity index (χ1) is 27.7. The fraction of sp³-hybridized carbons (Fsp3) is 0.848. The lowest BCUT2D eigenvalue weighted by Crippen LogP contribution is -2.60. The van der Waals surface area contributed by atoms with Gasteiger partial charge in [0.1, 0.15) is 24.4 Å². The van der Waals surface area contributed by atoms with E-state index in [9.17, 15) is 25.2 Å². The van der Waals surface area contributed by atoms with Crippen molar-refractivity contribution in [1.82, 2.24) is 5.32 Å². The Bertz CT molecular complexity index is 1090. The van der Waals surface area contributed by atoms with Crippen LogP contribution in [-0.2, 0) is 19.0 Å². The minimum absolute atomic E-state index is 0.00556. The maximum Gasteiger partial charge on any atom is 0.227 e. The van der Waals surface area contributed by atoms with E-state index in [1.807, 2.05) is 30.3 Å². The van der Waals surface area contributed by atoms with Crippen LogP contribution in [0, 0.1) is 0 Å². The van der Waals surface area contributed by atoms with Crippen LogP contribution in [0.25, 0.3) is 0 Å². The van der Waals surface area contributed by atoms with Crippen LogP contribution in [-0.4, -0.2) is 102 Å². The van der Waals surface area contributed by atoms with E-state index < -0.39 is 54.8 Å². The zero-order valence-electron chi connectivity index (χ0n) is 36.0. The third kappa shape index (κ3) is 21.9. The topological polar surface area (TPSA) is 190 Å². The van der Waals surface area contributed by atoms with Gasteiger partial charge in [-0.25, -0.2) is 0 Å². The molecule has 57 heavy (non-hydrogen) atoms. The van der Waals surface area contributed by atoms with Gasteiger partial charge in [-0.15, -0.1) is 0 Å². The maximum absolute atomic E-state index is 14.1. The summed E-state index contributed by atoms with van der Waals surface area (Å²) in [6, 6.07) is 8.19. The van der Waals surface area contributed by atoms with Gasteiger partial charge in [-0.05, 0) is 37.8 Å². The molecule has 11 heteroatoms. The lowest BCUT2D eigenvalue weighted by molar-refractivity contribution is -0.304. The Morgan fingerprint density at radius 2 is 1.25 bits per heavy atom. The van der Waals surface area contributed by atoms with Crippen molar-refractivity contribution in [3.63, 3.8) is 0 Å². The SMILES string of the molecule is CCCCCCCCCCCCCC[C@@H](N)[C@@H](O)[C@H](COC1OC(COCCCCCCN)C(O)C(O)C1O)NC(=O)C(CCCCCCCC)c1ccccc1. The molecular weight excluding hydrogens is 723 g/mol. The summed E-state index contributed by atoms with van der Waals surface area (Å²) < 4.78 is 17.7. The molecule has 0 saturated carbocycles. The molecular formula is C46H85N3O8. The van der Waals surface area contributed by atoms with Crippen LogP contribution in [0.2, 0.25) is 0 Å². The van der Waals surface area contributed by atoms with Crippen molar-refractivity contribution >= 4 is 5.91 Å². The molecule has 1 fully saturated rings. The monoisotopic (exact) mass is 808 g/mol. The van der Waals surface area contributed by atoms with Crippen molar-refractivity contribution in [2.24, 2.45) is 11.5 Å². The Morgan fingerprint density at radius 3 is 1.82 bits per heavy atom. The second-order valence-electron chi connectivity index (χ2n) is 16.6. The summed E-state index contributed by atoms with van der Waals surface area (Å²) in [5.74, 6) is -0.650. The molecule has 1 saturated heterocycles. The molecule has 0 aromatic heterocycles. The molecule has 1 aromatic carbocycles. The molecule has 1 aliphatic heterocycles. The number of nitrogens with two attached hydrogens (primary N) is 2. The molecule has 9 atom stereocenters. The van der Waals surface area contributed by atoms with Crippen molar-refractivity contribution in [2.75, 3.05) is 26.4 Å². The Hall–Kier alpha value is -1.67. The number of benzene rings is 1. The first-order valence-electron chi connectivity index (χ1n) is 23.1. The van der Waals surface area contributed by atoms with E-state index in [2.05, 4.69) is 19.2 Å². The van der Waals surface area contributed by atoms with Gasteiger partial charge >= 0.3 is 0 Å². The van der Waals surface area contributed by atoms with Crippen molar-refractivity contribution in [3.8, 4) is 0 Å². The molecule has 1 amide bonds. The molecule has 0 radical (unpaired) electrons. The molecule has 2 rings (SSSR count). The molecule has 1 aromatic rings. The molecule has 0 bridgehead atoms. The van der Waals surface area contributed by atoms with E-state index in [4.69, 9.17) is 25.7 Å². The van der Waals surface area contributed by atoms with Crippen molar-refractivity contribution in [2.45, 2.75) is 223 Å². The van der Waals surface area contributed by atoms with Gasteiger partial charge in [-0.2, -0.15) is 0 Å². The number of unbranched alkanes of at least 4 members (excludes halogenated alkanes) is 19. The van der Waals surface area contributed by atoms with Gasteiger partial charge in [0.25, 0.3) is 0 Å². The van der Waals surface area contributed by atoms with Crippen LogP contribution in [0.1, 0.15) is 179 Å². The summed E-state index contributed by atoms with van der Waals surface area (Å²) in [5, 5.41) is 47.0. The highest BCUT2D eigenvalue weighted by Crippen LogP contribution is 2.26. The van der Waals surface area contributed by atoms with E-state index in [-0.39, 0.29) is 19.1 Å². The van der Waals surface area contributed by atoms with E-state index in [0.29, 0.717) is 26.0 Å². The van der Waals surface area contributed by atoms with E-state index in [1.165, 1.54) is 77.0 Å². The standard InChI is InChI=1S/C46H85N3O8/c1-3-5-7-9-11-12-13-14-15-16-18-25-31-38(48)41(50)39(49-45(54)37(36-28-22-21-23-29-36)30-24-17-10-8-6-4-2)34-56-46-44(53)43(52)42(51)40(57-46)35-55-33-27-20-19-26-32-47/h21-23,28-29,37-44,46,50-53H,3-20,24-27,30-35,47-48H2,1-2H3,(H,49,54)/t37?,38-,39+,40?,41-,42?,43?,44?,46?/m1/s1. The molecule has 9 N–H and O–H groups in total. The highest BCUT2D eigenvalue weighted by molar-refractivity contribution is 5.84. The number of carbonyl (C=O) groups is 1. The Labute approximate surface area is 346 Å². The fourth-order valence-electron chi connectivity index (χ4n) is 7.75. The first-order valence-corrected chi connectivity index (χ1v) is 23.1. The van der Waals surface area contributed by atoms with Crippen LogP contribution in [0.3, 0.4) is 0 Å². The molecule has 0 aliphatic carbocycles. The van der Waals surface area contributed by atoms with Crippen LogP contribution in [0.5, 0.6) is 0 Å². The summed E-state index contributed by atoms with van der Waals surface area (Å²) in [4.78, 5) is 14.1. The molecule has 1 aliphatic rings. The van der Waals surface area contributed by atoms with Crippen molar-refractivity contribution < 1.29 is 39.4 Å². The van der Waals surface area contributed by atoms with Gasteiger partial charge in [-0.1, -0.05) is 173 Å². The molecule has 11 nitrogen and oxygen atoms in total. The van der Waals surface area contributed by atoms with Gasteiger partial charge < -0.3 is 51.4 Å². The molecule has 6 unspecified atom stereocenters. The Balaban J connectivity index is 2.05. The second kappa shape index (κ2) is 33.1. The number of hydrogen-bond donors (Lipinski definition) is 7. The predicted molar refractivity (Wildman–Crippen MR) is 230 cm³/mol. The molecule has 1 heterocycles. The average molecular weight is 808 g/mol. The van der Waals surface area contributed by atoms with Crippen LogP contribution in [0.15, 0.2) is 30.3 Å². The van der Waals surface area contributed by atoms with E-state index >= 15 is 0 Å². The van der Waals surface area contributed by atoms with Crippen LogP contribution >= 0.6 is 0 Å². The predicted octanol–water partition coefficient (Wildman–Crippen LogP) is 7.14. The minimum Gasteiger partial charge on any atom is -0.389 e. The highest BCUT2D eigenvalue weighted by atomic mass is 16.7. The summed E-state index contributed by atoms with van der Waals surface area (Å²) in [6.07, 6.45) is 18.5. The van der Waals surface area contributed by atoms with Crippen molar-refractivity contribution in [3.05, 3.63) is 35.9 Å². The average Bonchev–Trinajstić information content (AvgIpc) is 3.22. The zero-order chi connectivity index (χ0) is 41.5. The highest BCUT2D eigenvalue weighted by Gasteiger charge is 2.45. The Morgan fingerprint density at radius 1 is 0.719 bits per heavy atom. The number of hydrogen-bond acceptors (Lipinski definition) is 10. The largest absolute Gasteiger partial charge is 0.389 e. The quantitative estimate of drug-likeness (QED) is 0.0343. The van der Waals surface area contributed by atoms with E-state index in [0.717, 1.165) is 69.8 Å². The fourth-order valence-corrected chi connectivity index (χ4v) is 7.75. The van der Waals surface area contributed by atoms with Gasteiger partial charge in [0, 0.05) is 12.6 Å². The summed E-state index contributed by atoms with van der Waals surface area (Å²) in [7, 11) is 0. The lowest BCUT2D eigenvalue weighted by Gasteiger charge is -2.41. The smallest absolute Gasteiger partial charge is 0.227 e. The first kappa shape index (κ1) is 51.5. The maximum atomic E-state index is 14.1. The lowest BCUT2D eigenvalue weighted by atomic mass is 9.91. The third-order valence-electron chi connectivity index (χ3n) is 11.6. The van der Waals surface area contributed by atoms with Crippen LogP contribution < -0.4 is 16.8 Å². The number of ether oxygens (including phenoxy) is 3.